The Bertz CT molecular complexity index is 406. The molecule has 0 bridgehead atoms. The summed E-state index contributed by atoms with van der Waals surface area (Å²) in [4.78, 5) is 11.4. The van der Waals surface area contributed by atoms with Crippen molar-refractivity contribution in [3.05, 3.63) is 35.4 Å². The molecule has 1 atom stereocenters. The number of rotatable bonds is 4. The first-order valence-corrected chi connectivity index (χ1v) is 5.69. The maximum atomic E-state index is 11.4. The van der Waals surface area contributed by atoms with Gasteiger partial charge in [0.2, 0.25) is 0 Å². The quantitative estimate of drug-likeness (QED) is 0.834. The number of carbonyl (C=O) groups is 1. The van der Waals surface area contributed by atoms with E-state index in [1.165, 1.54) is 0 Å². The van der Waals surface area contributed by atoms with Gasteiger partial charge in [0, 0.05) is 12.6 Å². The molecule has 4 heteroatoms. The van der Waals surface area contributed by atoms with Crippen LogP contribution in [-0.2, 0) is 6.54 Å². The van der Waals surface area contributed by atoms with E-state index in [0.29, 0.717) is 12.1 Å². The average Bonchev–Trinajstić information content (AvgIpc) is 2.36. The molecule has 2 amide bonds. The van der Waals surface area contributed by atoms with Crippen LogP contribution in [0.2, 0.25) is 0 Å². The van der Waals surface area contributed by atoms with Gasteiger partial charge in [0.25, 0.3) is 0 Å². The SMILES string of the molecule is CCC(C)NC(=O)NCc1ccc(C#N)cc1. The van der Waals surface area contributed by atoms with Crippen LogP contribution in [0.5, 0.6) is 0 Å². The highest BCUT2D eigenvalue weighted by atomic mass is 16.2. The van der Waals surface area contributed by atoms with Gasteiger partial charge in [-0.25, -0.2) is 4.79 Å². The van der Waals surface area contributed by atoms with Crippen LogP contribution in [-0.4, -0.2) is 12.1 Å². The van der Waals surface area contributed by atoms with Gasteiger partial charge in [0.15, 0.2) is 0 Å². The Morgan fingerprint density at radius 3 is 2.59 bits per heavy atom. The van der Waals surface area contributed by atoms with Crippen molar-refractivity contribution in [1.29, 1.82) is 5.26 Å². The smallest absolute Gasteiger partial charge is 0.315 e. The number of nitriles is 1. The van der Waals surface area contributed by atoms with Crippen molar-refractivity contribution in [3.63, 3.8) is 0 Å². The lowest BCUT2D eigenvalue weighted by atomic mass is 10.1. The molecule has 4 nitrogen and oxygen atoms in total. The van der Waals surface area contributed by atoms with Gasteiger partial charge in [-0.15, -0.1) is 0 Å². The van der Waals surface area contributed by atoms with Gasteiger partial charge in [-0.2, -0.15) is 5.26 Å². The van der Waals surface area contributed by atoms with Crippen molar-refractivity contribution in [1.82, 2.24) is 10.6 Å². The minimum atomic E-state index is -0.163. The molecule has 17 heavy (non-hydrogen) atoms. The second-order valence-electron chi connectivity index (χ2n) is 3.95. The number of benzene rings is 1. The van der Waals surface area contributed by atoms with Crippen LogP contribution < -0.4 is 10.6 Å². The number of nitrogens with zero attached hydrogens (tertiary/aromatic N) is 1. The van der Waals surface area contributed by atoms with E-state index in [1.807, 2.05) is 26.0 Å². The van der Waals surface area contributed by atoms with E-state index in [9.17, 15) is 4.79 Å². The van der Waals surface area contributed by atoms with Crippen molar-refractivity contribution >= 4 is 6.03 Å². The summed E-state index contributed by atoms with van der Waals surface area (Å²) in [5.41, 5.74) is 1.60. The van der Waals surface area contributed by atoms with Crippen LogP contribution in [0, 0.1) is 11.3 Å². The van der Waals surface area contributed by atoms with E-state index in [0.717, 1.165) is 12.0 Å². The lowest BCUT2D eigenvalue weighted by molar-refractivity contribution is 0.237. The Hall–Kier alpha value is -2.02. The first-order chi connectivity index (χ1) is 8.15. The number of hydrogen-bond acceptors (Lipinski definition) is 2. The van der Waals surface area contributed by atoms with Crippen molar-refractivity contribution in [2.24, 2.45) is 0 Å². The standard InChI is InChI=1S/C13H17N3O/c1-3-10(2)16-13(17)15-9-12-6-4-11(8-14)5-7-12/h4-7,10H,3,9H2,1-2H3,(H2,15,16,17). The van der Waals surface area contributed by atoms with Crippen LogP contribution in [0.4, 0.5) is 4.79 Å². The molecule has 0 spiro atoms. The molecule has 0 aliphatic rings. The summed E-state index contributed by atoms with van der Waals surface area (Å²) in [5.74, 6) is 0. The van der Waals surface area contributed by atoms with Crippen molar-refractivity contribution in [2.75, 3.05) is 0 Å². The van der Waals surface area contributed by atoms with E-state index >= 15 is 0 Å². The Kier molecular flexibility index (Phi) is 5.02. The van der Waals surface area contributed by atoms with Crippen LogP contribution in [0.3, 0.4) is 0 Å². The number of nitrogens with one attached hydrogen (secondary N) is 2. The monoisotopic (exact) mass is 231 g/mol. The third-order valence-electron chi connectivity index (χ3n) is 2.53. The predicted octanol–water partition coefficient (Wildman–Crippen LogP) is 2.16. The zero-order valence-electron chi connectivity index (χ0n) is 10.2. The van der Waals surface area contributed by atoms with Gasteiger partial charge in [-0.3, -0.25) is 0 Å². The number of amides is 2. The molecule has 1 aromatic carbocycles. The first-order valence-electron chi connectivity index (χ1n) is 5.69. The van der Waals surface area contributed by atoms with Gasteiger partial charge in [-0.05, 0) is 31.0 Å². The van der Waals surface area contributed by atoms with Gasteiger partial charge in [0.05, 0.1) is 11.6 Å². The molecule has 0 saturated carbocycles. The Balaban J connectivity index is 2.40. The molecule has 0 aromatic heterocycles. The number of hydrogen-bond donors (Lipinski definition) is 2. The summed E-state index contributed by atoms with van der Waals surface area (Å²) in [6.07, 6.45) is 0.907. The predicted molar refractivity (Wildman–Crippen MR) is 66.3 cm³/mol. The van der Waals surface area contributed by atoms with E-state index < -0.39 is 0 Å². The molecule has 0 fully saturated rings. The lowest BCUT2D eigenvalue weighted by Gasteiger charge is -2.12. The largest absolute Gasteiger partial charge is 0.336 e. The van der Waals surface area contributed by atoms with Crippen LogP contribution in [0.25, 0.3) is 0 Å². The maximum Gasteiger partial charge on any atom is 0.315 e. The Labute approximate surface area is 102 Å². The summed E-state index contributed by atoms with van der Waals surface area (Å²) in [6, 6.07) is 9.22. The van der Waals surface area contributed by atoms with Gasteiger partial charge in [-0.1, -0.05) is 19.1 Å². The fourth-order valence-electron chi connectivity index (χ4n) is 1.26. The first kappa shape index (κ1) is 13.0. The molecular weight excluding hydrogens is 214 g/mol. The maximum absolute atomic E-state index is 11.4. The molecule has 0 aliphatic heterocycles. The topological polar surface area (TPSA) is 64.9 Å². The van der Waals surface area contributed by atoms with Crippen LogP contribution >= 0.6 is 0 Å². The zero-order valence-corrected chi connectivity index (χ0v) is 10.2. The van der Waals surface area contributed by atoms with Gasteiger partial charge < -0.3 is 10.6 Å². The third kappa shape index (κ3) is 4.56. The second-order valence-corrected chi connectivity index (χ2v) is 3.95. The van der Waals surface area contributed by atoms with E-state index in [2.05, 4.69) is 16.7 Å². The molecule has 1 rings (SSSR count). The van der Waals surface area contributed by atoms with Gasteiger partial charge >= 0.3 is 6.03 Å². The summed E-state index contributed by atoms with van der Waals surface area (Å²) < 4.78 is 0. The second kappa shape index (κ2) is 6.54. The van der Waals surface area contributed by atoms with Gasteiger partial charge in [0.1, 0.15) is 0 Å². The minimum absolute atomic E-state index is 0.163. The summed E-state index contributed by atoms with van der Waals surface area (Å²) in [5, 5.41) is 14.2. The summed E-state index contributed by atoms with van der Waals surface area (Å²) >= 11 is 0. The Morgan fingerprint density at radius 1 is 1.41 bits per heavy atom. The summed E-state index contributed by atoms with van der Waals surface area (Å²) in [7, 11) is 0. The molecule has 0 saturated heterocycles. The molecule has 0 aliphatic carbocycles. The highest BCUT2D eigenvalue weighted by molar-refractivity contribution is 5.74. The fourth-order valence-corrected chi connectivity index (χ4v) is 1.26. The van der Waals surface area contributed by atoms with Crippen LogP contribution in [0.1, 0.15) is 31.4 Å². The highest BCUT2D eigenvalue weighted by Gasteiger charge is 2.04. The van der Waals surface area contributed by atoms with E-state index in [4.69, 9.17) is 5.26 Å². The molecule has 90 valence electrons. The lowest BCUT2D eigenvalue weighted by Crippen LogP contribution is -2.40. The Morgan fingerprint density at radius 2 is 2.06 bits per heavy atom. The van der Waals surface area contributed by atoms with Crippen molar-refractivity contribution in [3.8, 4) is 6.07 Å². The fraction of sp³-hybridized carbons (Fsp3) is 0.385. The van der Waals surface area contributed by atoms with E-state index in [-0.39, 0.29) is 12.1 Å². The van der Waals surface area contributed by atoms with Crippen molar-refractivity contribution in [2.45, 2.75) is 32.9 Å². The molecule has 0 heterocycles. The molecule has 0 radical (unpaired) electrons. The molecular formula is C13H17N3O. The highest BCUT2D eigenvalue weighted by Crippen LogP contribution is 2.02. The minimum Gasteiger partial charge on any atom is -0.336 e. The third-order valence-corrected chi connectivity index (χ3v) is 2.53. The number of carbonyl (C=O) groups excluding carboxylic acids is 1. The van der Waals surface area contributed by atoms with Crippen LogP contribution in [0.15, 0.2) is 24.3 Å². The zero-order chi connectivity index (χ0) is 12.7. The van der Waals surface area contributed by atoms with Crippen molar-refractivity contribution < 1.29 is 4.79 Å². The molecule has 2 N–H and O–H groups in total. The molecule has 1 unspecified atom stereocenters. The number of urea groups is 1. The summed E-state index contributed by atoms with van der Waals surface area (Å²) in [6.45, 7) is 4.45. The normalized spacial score (nSPS) is 11.4. The van der Waals surface area contributed by atoms with E-state index in [1.54, 1.807) is 12.1 Å². The molecule has 1 aromatic rings. The average molecular weight is 231 g/mol.